The minimum Gasteiger partial charge on any atom is -0.497 e. The Balaban J connectivity index is 0.00000169. The van der Waals surface area contributed by atoms with Crippen molar-refractivity contribution in [3.05, 3.63) is 24.0 Å². The monoisotopic (exact) mass is 221 g/mol. The maximum Gasteiger partial charge on any atom is 0.130 e. The Morgan fingerprint density at radius 3 is 2.50 bits per heavy atom. The van der Waals surface area contributed by atoms with Gasteiger partial charge in [0.1, 0.15) is 23.9 Å². The summed E-state index contributed by atoms with van der Waals surface area (Å²) in [6.45, 7) is 0.769. The van der Waals surface area contributed by atoms with Crippen molar-refractivity contribution in [2.45, 2.75) is 0 Å². The fourth-order valence-electron chi connectivity index (χ4n) is 0.915. The van der Waals surface area contributed by atoms with Crippen molar-refractivity contribution in [2.24, 2.45) is 5.73 Å². The highest BCUT2D eigenvalue weighted by molar-refractivity contribution is 5.85. The first kappa shape index (κ1) is 13.0. The third-order valence-corrected chi connectivity index (χ3v) is 1.47. The molecular formula is C9H13ClFNO2. The number of halogens is 2. The van der Waals surface area contributed by atoms with Crippen LogP contribution in [0, 0.1) is 5.82 Å². The zero-order valence-corrected chi connectivity index (χ0v) is 8.64. The van der Waals surface area contributed by atoms with Crippen LogP contribution in [0.4, 0.5) is 4.39 Å². The molecule has 0 amide bonds. The summed E-state index contributed by atoms with van der Waals surface area (Å²) in [5.74, 6) is 0.487. The fraction of sp³-hybridized carbons (Fsp3) is 0.333. The van der Waals surface area contributed by atoms with Crippen molar-refractivity contribution < 1.29 is 13.9 Å². The first-order chi connectivity index (χ1) is 6.26. The average molecular weight is 222 g/mol. The number of hydrogen-bond acceptors (Lipinski definition) is 3. The second kappa shape index (κ2) is 6.45. The molecular weight excluding hydrogens is 209 g/mol. The predicted octanol–water partition coefficient (Wildman–Crippen LogP) is 1.59. The Bertz CT molecular complexity index is 284. The van der Waals surface area contributed by atoms with Crippen LogP contribution in [0.25, 0.3) is 0 Å². The van der Waals surface area contributed by atoms with Gasteiger partial charge in [-0.15, -0.1) is 12.4 Å². The first-order valence-corrected chi connectivity index (χ1v) is 3.93. The summed E-state index contributed by atoms with van der Waals surface area (Å²) >= 11 is 0. The zero-order valence-electron chi connectivity index (χ0n) is 7.83. The summed E-state index contributed by atoms with van der Waals surface area (Å²) in [5.41, 5.74) is 5.23. The lowest BCUT2D eigenvalue weighted by atomic mass is 10.3. The lowest BCUT2D eigenvalue weighted by molar-refractivity contribution is 0.322. The summed E-state index contributed by atoms with van der Waals surface area (Å²) in [7, 11) is 1.47. The molecule has 2 N–H and O–H groups in total. The lowest BCUT2D eigenvalue weighted by Gasteiger charge is -2.06. The van der Waals surface area contributed by atoms with Crippen LogP contribution >= 0.6 is 12.4 Å². The van der Waals surface area contributed by atoms with E-state index in [9.17, 15) is 4.39 Å². The molecule has 0 unspecified atom stereocenters. The maximum absolute atomic E-state index is 12.9. The van der Waals surface area contributed by atoms with Crippen molar-refractivity contribution in [2.75, 3.05) is 20.3 Å². The SMILES string of the molecule is COc1cc(F)cc(OCCN)c1.Cl. The van der Waals surface area contributed by atoms with E-state index in [1.165, 1.54) is 19.2 Å². The molecule has 0 aliphatic rings. The van der Waals surface area contributed by atoms with Crippen LogP contribution < -0.4 is 15.2 Å². The van der Waals surface area contributed by atoms with Gasteiger partial charge < -0.3 is 15.2 Å². The normalized spacial score (nSPS) is 9.07. The van der Waals surface area contributed by atoms with Gasteiger partial charge >= 0.3 is 0 Å². The van der Waals surface area contributed by atoms with Gasteiger partial charge in [-0.2, -0.15) is 0 Å². The molecule has 0 saturated heterocycles. The van der Waals surface area contributed by atoms with Gasteiger partial charge in [0.25, 0.3) is 0 Å². The largest absolute Gasteiger partial charge is 0.497 e. The molecule has 80 valence electrons. The van der Waals surface area contributed by atoms with Crippen LogP contribution in [0.2, 0.25) is 0 Å². The van der Waals surface area contributed by atoms with Crippen LogP contribution in [0.3, 0.4) is 0 Å². The van der Waals surface area contributed by atoms with Gasteiger partial charge in [0.05, 0.1) is 7.11 Å². The summed E-state index contributed by atoms with van der Waals surface area (Å²) < 4.78 is 22.8. The lowest BCUT2D eigenvalue weighted by Crippen LogP contribution is -2.10. The Morgan fingerprint density at radius 1 is 1.29 bits per heavy atom. The molecule has 0 radical (unpaired) electrons. The van der Waals surface area contributed by atoms with Gasteiger partial charge in [-0.3, -0.25) is 0 Å². The third kappa shape index (κ3) is 3.81. The first-order valence-electron chi connectivity index (χ1n) is 3.93. The Morgan fingerprint density at radius 2 is 1.93 bits per heavy atom. The Labute approximate surface area is 88.4 Å². The molecule has 0 bridgehead atoms. The predicted molar refractivity (Wildman–Crippen MR) is 54.7 cm³/mol. The standard InChI is InChI=1S/C9H12FNO2.ClH/c1-12-8-4-7(10)5-9(6-8)13-3-2-11;/h4-6H,2-3,11H2,1H3;1H. The van der Waals surface area contributed by atoms with E-state index in [-0.39, 0.29) is 18.2 Å². The average Bonchev–Trinajstić information content (AvgIpc) is 2.14. The van der Waals surface area contributed by atoms with Crippen molar-refractivity contribution in [3.8, 4) is 11.5 Å². The molecule has 0 aromatic heterocycles. The Hall–Kier alpha value is -1.00. The molecule has 5 heteroatoms. The summed E-state index contributed by atoms with van der Waals surface area (Å²) in [5, 5.41) is 0. The van der Waals surface area contributed by atoms with E-state index >= 15 is 0 Å². The molecule has 0 aliphatic carbocycles. The number of nitrogens with two attached hydrogens (primary N) is 1. The van der Waals surface area contributed by atoms with Crippen molar-refractivity contribution in [1.29, 1.82) is 0 Å². The van der Waals surface area contributed by atoms with Crippen molar-refractivity contribution >= 4 is 12.4 Å². The van der Waals surface area contributed by atoms with Gasteiger partial charge in [0.15, 0.2) is 0 Å². The molecule has 1 rings (SSSR count). The van der Waals surface area contributed by atoms with Gasteiger partial charge in [-0.25, -0.2) is 4.39 Å². The number of rotatable bonds is 4. The second-order valence-corrected chi connectivity index (χ2v) is 2.46. The molecule has 0 atom stereocenters. The van der Waals surface area contributed by atoms with E-state index in [4.69, 9.17) is 15.2 Å². The molecule has 0 aliphatic heterocycles. The van der Waals surface area contributed by atoms with Crippen LogP contribution in [0.15, 0.2) is 18.2 Å². The second-order valence-electron chi connectivity index (χ2n) is 2.46. The molecule has 0 saturated carbocycles. The highest BCUT2D eigenvalue weighted by atomic mass is 35.5. The number of hydrogen-bond donors (Lipinski definition) is 1. The highest BCUT2D eigenvalue weighted by Gasteiger charge is 2.00. The van der Waals surface area contributed by atoms with Crippen LogP contribution in [0.1, 0.15) is 0 Å². The van der Waals surface area contributed by atoms with Crippen LogP contribution in [-0.4, -0.2) is 20.3 Å². The fourth-order valence-corrected chi connectivity index (χ4v) is 0.915. The summed E-state index contributed by atoms with van der Waals surface area (Å²) in [6.07, 6.45) is 0. The maximum atomic E-state index is 12.9. The third-order valence-electron chi connectivity index (χ3n) is 1.47. The zero-order chi connectivity index (χ0) is 9.68. The number of benzene rings is 1. The number of methoxy groups -OCH3 is 1. The van der Waals surface area contributed by atoms with E-state index < -0.39 is 0 Å². The van der Waals surface area contributed by atoms with Gasteiger partial charge in [0.2, 0.25) is 0 Å². The molecule has 14 heavy (non-hydrogen) atoms. The van der Waals surface area contributed by atoms with E-state index in [0.29, 0.717) is 24.7 Å². The summed E-state index contributed by atoms with van der Waals surface area (Å²) in [4.78, 5) is 0. The van der Waals surface area contributed by atoms with Gasteiger partial charge in [0, 0.05) is 24.7 Å². The summed E-state index contributed by atoms with van der Waals surface area (Å²) in [6, 6.07) is 4.19. The molecule has 0 fully saturated rings. The topological polar surface area (TPSA) is 44.5 Å². The van der Waals surface area contributed by atoms with E-state index in [1.807, 2.05) is 0 Å². The molecule has 0 heterocycles. The number of ether oxygens (including phenoxy) is 2. The van der Waals surface area contributed by atoms with Crippen LogP contribution in [-0.2, 0) is 0 Å². The van der Waals surface area contributed by atoms with Gasteiger partial charge in [-0.1, -0.05) is 0 Å². The van der Waals surface area contributed by atoms with E-state index in [0.717, 1.165) is 0 Å². The molecule has 0 spiro atoms. The quantitative estimate of drug-likeness (QED) is 0.840. The van der Waals surface area contributed by atoms with E-state index in [2.05, 4.69) is 0 Å². The van der Waals surface area contributed by atoms with Crippen molar-refractivity contribution in [1.82, 2.24) is 0 Å². The van der Waals surface area contributed by atoms with Crippen LogP contribution in [0.5, 0.6) is 11.5 Å². The minimum absolute atomic E-state index is 0. The van der Waals surface area contributed by atoms with Crippen molar-refractivity contribution in [3.63, 3.8) is 0 Å². The smallest absolute Gasteiger partial charge is 0.130 e. The highest BCUT2D eigenvalue weighted by Crippen LogP contribution is 2.21. The minimum atomic E-state index is -0.383. The Kier molecular flexibility index (Phi) is 5.99. The molecule has 3 nitrogen and oxygen atoms in total. The molecule has 1 aromatic carbocycles. The van der Waals surface area contributed by atoms with E-state index in [1.54, 1.807) is 6.07 Å². The van der Waals surface area contributed by atoms with Gasteiger partial charge in [-0.05, 0) is 0 Å². The molecule has 1 aromatic rings.